The van der Waals surface area contributed by atoms with E-state index in [-0.39, 0.29) is 0 Å². The van der Waals surface area contributed by atoms with Crippen LogP contribution in [0.25, 0.3) is 67.5 Å². The summed E-state index contributed by atoms with van der Waals surface area (Å²) >= 11 is 0. The molecule has 4 heteroatoms. The molecule has 0 aliphatic heterocycles. The first-order valence-electron chi connectivity index (χ1n) is 19.1. The number of hydrogen-bond acceptors (Lipinski definition) is 4. The fourth-order valence-electron chi connectivity index (χ4n) is 8.61. The number of rotatable bonds is 7. The summed E-state index contributed by atoms with van der Waals surface area (Å²) in [5.41, 5.74) is 14.1. The van der Waals surface area contributed by atoms with E-state index in [1.165, 1.54) is 33.4 Å². The second-order valence-electron chi connectivity index (χ2n) is 14.2. The number of nitriles is 1. The van der Waals surface area contributed by atoms with Crippen LogP contribution in [0.5, 0.6) is 0 Å². The second kappa shape index (κ2) is 14.2. The summed E-state index contributed by atoms with van der Waals surface area (Å²) in [5, 5.41) is 9.84. The molecule has 4 nitrogen and oxygen atoms in total. The van der Waals surface area contributed by atoms with Gasteiger partial charge >= 0.3 is 0 Å². The van der Waals surface area contributed by atoms with Gasteiger partial charge in [0.1, 0.15) is 0 Å². The summed E-state index contributed by atoms with van der Waals surface area (Å²) in [6, 6.07) is 74.0. The zero-order valence-electron chi connectivity index (χ0n) is 30.9. The zero-order chi connectivity index (χ0) is 38.2. The quantitative estimate of drug-likeness (QED) is 0.164. The third-order valence-electron chi connectivity index (χ3n) is 11.1. The Morgan fingerprint density at radius 2 is 0.807 bits per heavy atom. The molecule has 0 fully saturated rings. The maximum absolute atomic E-state index is 9.84. The van der Waals surface area contributed by atoms with Gasteiger partial charge in [-0.3, -0.25) is 0 Å². The number of fused-ring (bicyclic) bond motifs is 3. The lowest BCUT2D eigenvalue weighted by molar-refractivity contribution is 0.768. The van der Waals surface area contributed by atoms with Crippen LogP contribution in [0, 0.1) is 11.3 Å². The molecular weight excluding hydrogens is 693 g/mol. The van der Waals surface area contributed by atoms with Crippen molar-refractivity contribution in [2.24, 2.45) is 0 Å². The lowest BCUT2D eigenvalue weighted by Crippen LogP contribution is -2.28. The maximum Gasteiger partial charge on any atom is 0.164 e. The van der Waals surface area contributed by atoms with E-state index < -0.39 is 5.41 Å². The molecule has 0 N–H and O–H groups in total. The monoisotopic (exact) mass is 726 g/mol. The smallest absolute Gasteiger partial charge is 0.164 e. The topological polar surface area (TPSA) is 62.5 Å². The van der Waals surface area contributed by atoms with Crippen LogP contribution in [-0.4, -0.2) is 15.0 Å². The Kier molecular flexibility index (Phi) is 8.39. The summed E-state index contributed by atoms with van der Waals surface area (Å²) in [7, 11) is 0. The van der Waals surface area contributed by atoms with Crippen molar-refractivity contribution in [1.29, 1.82) is 5.26 Å². The fourth-order valence-corrected chi connectivity index (χ4v) is 8.61. The molecule has 0 unspecified atom stereocenters. The van der Waals surface area contributed by atoms with Crippen LogP contribution < -0.4 is 0 Å². The Labute approximate surface area is 332 Å². The van der Waals surface area contributed by atoms with Crippen molar-refractivity contribution in [3.05, 3.63) is 234 Å². The van der Waals surface area contributed by atoms with Gasteiger partial charge in [-0.1, -0.05) is 194 Å². The molecule has 0 atom stereocenters. The van der Waals surface area contributed by atoms with E-state index in [0.29, 0.717) is 23.0 Å². The first-order chi connectivity index (χ1) is 28.2. The van der Waals surface area contributed by atoms with E-state index in [9.17, 15) is 5.26 Å². The third-order valence-corrected chi connectivity index (χ3v) is 11.1. The van der Waals surface area contributed by atoms with Gasteiger partial charge in [0, 0.05) is 16.7 Å². The number of aromatic nitrogens is 3. The van der Waals surface area contributed by atoms with Crippen molar-refractivity contribution in [3.63, 3.8) is 0 Å². The van der Waals surface area contributed by atoms with Crippen LogP contribution in [0.3, 0.4) is 0 Å². The molecule has 1 heterocycles. The predicted octanol–water partition coefficient (Wildman–Crippen LogP) is 12.4. The summed E-state index contributed by atoms with van der Waals surface area (Å²) in [4.78, 5) is 15.3. The molecule has 0 radical (unpaired) electrons. The minimum atomic E-state index is -0.572. The zero-order valence-corrected chi connectivity index (χ0v) is 30.9. The molecule has 266 valence electrons. The largest absolute Gasteiger partial charge is 0.208 e. The molecule has 0 saturated heterocycles. The van der Waals surface area contributed by atoms with Crippen LogP contribution in [0.1, 0.15) is 27.8 Å². The van der Waals surface area contributed by atoms with Crippen LogP contribution in [0.4, 0.5) is 0 Å². The van der Waals surface area contributed by atoms with E-state index in [1.807, 2.05) is 78.9 Å². The molecule has 57 heavy (non-hydrogen) atoms. The minimum absolute atomic E-state index is 0.572. The van der Waals surface area contributed by atoms with Crippen LogP contribution in [-0.2, 0) is 5.41 Å². The van der Waals surface area contributed by atoms with Crippen molar-refractivity contribution in [2.75, 3.05) is 0 Å². The molecule has 8 aromatic carbocycles. The maximum atomic E-state index is 9.84. The molecule has 0 saturated carbocycles. The fraction of sp³-hybridized carbons (Fsp3) is 0.0189. The Bertz CT molecular complexity index is 2840. The van der Waals surface area contributed by atoms with Gasteiger partial charge in [-0.2, -0.15) is 5.26 Å². The summed E-state index contributed by atoms with van der Waals surface area (Å²) < 4.78 is 0. The summed E-state index contributed by atoms with van der Waals surface area (Å²) in [6.07, 6.45) is 0. The molecule has 0 amide bonds. The molecule has 0 bridgehead atoms. The normalized spacial score (nSPS) is 12.3. The van der Waals surface area contributed by atoms with Crippen LogP contribution in [0.2, 0.25) is 0 Å². The van der Waals surface area contributed by atoms with Crippen molar-refractivity contribution >= 4 is 0 Å². The first kappa shape index (κ1) is 33.8. The van der Waals surface area contributed by atoms with Crippen molar-refractivity contribution in [3.8, 4) is 73.6 Å². The van der Waals surface area contributed by atoms with E-state index in [1.54, 1.807) is 0 Å². The van der Waals surface area contributed by atoms with Gasteiger partial charge in [0.05, 0.1) is 17.0 Å². The highest BCUT2D eigenvalue weighted by Crippen LogP contribution is 2.60. The Morgan fingerprint density at radius 1 is 0.333 bits per heavy atom. The van der Waals surface area contributed by atoms with Crippen LogP contribution >= 0.6 is 0 Å². The molecule has 0 spiro atoms. The average molecular weight is 727 g/mol. The Hall–Kier alpha value is -7.74. The third kappa shape index (κ3) is 5.64. The van der Waals surface area contributed by atoms with Gasteiger partial charge in [0.25, 0.3) is 0 Å². The molecule has 1 aliphatic rings. The lowest BCUT2D eigenvalue weighted by Gasteiger charge is -2.34. The number of benzene rings is 8. The van der Waals surface area contributed by atoms with Gasteiger partial charge in [-0.15, -0.1) is 0 Å². The highest BCUT2D eigenvalue weighted by Gasteiger charge is 2.47. The van der Waals surface area contributed by atoms with Crippen molar-refractivity contribution in [1.82, 2.24) is 15.0 Å². The predicted molar refractivity (Wildman–Crippen MR) is 229 cm³/mol. The van der Waals surface area contributed by atoms with Gasteiger partial charge in [0.2, 0.25) is 0 Å². The second-order valence-corrected chi connectivity index (χ2v) is 14.2. The average Bonchev–Trinajstić information content (AvgIpc) is 3.61. The van der Waals surface area contributed by atoms with E-state index in [4.69, 9.17) is 15.0 Å². The molecule has 1 aliphatic carbocycles. The SMILES string of the molecule is N#Cc1ccc(-c2c(-c3ccccc3-c3nc(-c4ccccc4)nc(-c4ccccc4)n3)ccc3c2-c2ccccc2C3(c2ccccc2)c2ccccc2)cc1. The minimum Gasteiger partial charge on any atom is -0.208 e. The highest BCUT2D eigenvalue weighted by atomic mass is 15.0. The summed E-state index contributed by atoms with van der Waals surface area (Å²) in [6.45, 7) is 0. The molecular formula is C53H34N4. The van der Waals surface area contributed by atoms with Gasteiger partial charge in [-0.25, -0.2) is 15.0 Å². The van der Waals surface area contributed by atoms with Gasteiger partial charge in [-0.05, 0) is 67.8 Å². The number of nitrogens with zero attached hydrogens (tertiary/aromatic N) is 4. The van der Waals surface area contributed by atoms with Crippen molar-refractivity contribution < 1.29 is 0 Å². The molecule has 1 aromatic heterocycles. The van der Waals surface area contributed by atoms with Crippen LogP contribution in [0.15, 0.2) is 206 Å². The molecule has 9 aromatic rings. The first-order valence-corrected chi connectivity index (χ1v) is 19.1. The van der Waals surface area contributed by atoms with Gasteiger partial charge < -0.3 is 0 Å². The van der Waals surface area contributed by atoms with E-state index in [0.717, 1.165) is 38.9 Å². The van der Waals surface area contributed by atoms with E-state index >= 15 is 0 Å². The van der Waals surface area contributed by atoms with Gasteiger partial charge in [0.15, 0.2) is 17.5 Å². The lowest BCUT2D eigenvalue weighted by atomic mass is 9.67. The Balaban J connectivity index is 1.29. The number of hydrogen-bond donors (Lipinski definition) is 0. The molecule has 10 rings (SSSR count). The summed E-state index contributed by atoms with van der Waals surface area (Å²) in [5.74, 6) is 1.81. The highest BCUT2D eigenvalue weighted by molar-refractivity contribution is 6.03. The van der Waals surface area contributed by atoms with Crippen molar-refractivity contribution in [2.45, 2.75) is 5.41 Å². The standard InChI is InChI=1S/C53H34N4/c54-35-36-29-31-37(32-30-36)48-43(33-34-47-49(48)45-27-15-16-28-46(45)53(47,40-21-9-3-10-22-40)41-23-11-4-12-24-41)42-25-13-14-26-44(42)52-56-50(38-17-5-1-6-18-38)55-51(57-52)39-19-7-2-8-20-39/h1-34H. The Morgan fingerprint density at radius 3 is 1.37 bits per heavy atom. The van der Waals surface area contributed by atoms with E-state index in [2.05, 4.69) is 133 Å².